The Morgan fingerprint density at radius 2 is 1.79 bits per heavy atom. The van der Waals surface area contributed by atoms with E-state index in [1.54, 1.807) is 37.3 Å². The van der Waals surface area contributed by atoms with E-state index in [1.165, 1.54) is 23.9 Å². The summed E-state index contributed by atoms with van der Waals surface area (Å²) < 4.78 is 42.5. The van der Waals surface area contributed by atoms with E-state index in [1.807, 2.05) is 26.0 Å². The fourth-order valence-corrected chi connectivity index (χ4v) is 5.94. The second-order valence-electron chi connectivity index (χ2n) is 7.91. The van der Waals surface area contributed by atoms with Crippen molar-refractivity contribution in [2.75, 3.05) is 17.0 Å². The molecule has 3 aromatic rings. The van der Waals surface area contributed by atoms with Crippen molar-refractivity contribution >= 4 is 45.0 Å². The first-order valence-corrected chi connectivity index (χ1v) is 13.6. The molecule has 3 rings (SSSR count). The molecule has 0 aromatic heterocycles. The summed E-state index contributed by atoms with van der Waals surface area (Å²) in [5.74, 6) is 0.194. The molecule has 180 valence electrons. The second-order valence-corrected chi connectivity index (χ2v) is 11.1. The van der Waals surface area contributed by atoms with E-state index in [4.69, 9.17) is 11.6 Å². The number of rotatable bonds is 9. The van der Waals surface area contributed by atoms with Crippen molar-refractivity contribution < 1.29 is 17.6 Å². The number of carbonyl (C=O) groups is 1. The van der Waals surface area contributed by atoms with Crippen molar-refractivity contribution in [2.24, 2.45) is 0 Å². The van der Waals surface area contributed by atoms with Crippen molar-refractivity contribution in [3.63, 3.8) is 0 Å². The molecular weight excluding hydrogens is 495 g/mol. The van der Waals surface area contributed by atoms with Crippen molar-refractivity contribution in [3.8, 4) is 0 Å². The predicted molar refractivity (Wildman–Crippen MR) is 138 cm³/mol. The number of sulfonamides is 1. The molecule has 0 atom stereocenters. The highest BCUT2D eigenvalue weighted by atomic mass is 35.5. The predicted octanol–water partition coefficient (Wildman–Crippen LogP) is 5.87. The van der Waals surface area contributed by atoms with Gasteiger partial charge in [0.2, 0.25) is 0 Å². The second kappa shape index (κ2) is 11.3. The number of thioether (sulfide) groups is 1. The van der Waals surface area contributed by atoms with Gasteiger partial charge in [0.25, 0.3) is 15.9 Å². The van der Waals surface area contributed by atoms with Crippen LogP contribution in [0.1, 0.15) is 32.6 Å². The van der Waals surface area contributed by atoms with Crippen LogP contribution in [0, 0.1) is 26.6 Å². The molecule has 9 heteroatoms. The van der Waals surface area contributed by atoms with Crippen molar-refractivity contribution in [3.05, 3.63) is 93.3 Å². The number of hydrogen-bond acceptors (Lipinski definition) is 4. The van der Waals surface area contributed by atoms with Gasteiger partial charge in [-0.3, -0.25) is 9.52 Å². The van der Waals surface area contributed by atoms with Crippen molar-refractivity contribution in [1.29, 1.82) is 0 Å². The molecule has 5 nitrogen and oxygen atoms in total. The number of hydrogen-bond donors (Lipinski definition) is 2. The van der Waals surface area contributed by atoms with Gasteiger partial charge in [0.15, 0.2) is 0 Å². The third-order valence-corrected chi connectivity index (χ3v) is 8.05. The molecule has 2 N–H and O–H groups in total. The van der Waals surface area contributed by atoms with Crippen LogP contribution < -0.4 is 10.0 Å². The van der Waals surface area contributed by atoms with Crippen LogP contribution in [-0.2, 0) is 15.8 Å². The monoisotopic (exact) mass is 520 g/mol. The summed E-state index contributed by atoms with van der Waals surface area (Å²) in [7, 11) is -3.89. The van der Waals surface area contributed by atoms with Crippen LogP contribution in [0.25, 0.3) is 0 Å². The molecule has 0 spiro atoms. The lowest BCUT2D eigenvalue weighted by Crippen LogP contribution is -2.26. The van der Waals surface area contributed by atoms with Crippen LogP contribution in [0.2, 0.25) is 5.02 Å². The number of amides is 1. The normalized spacial score (nSPS) is 11.3. The molecule has 3 aromatic carbocycles. The summed E-state index contributed by atoms with van der Waals surface area (Å²) >= 11 is 7.47. The number of anilines is 1. The van der Waals surface area contributed by atoms with Crippen molar-refractivity contribution in [2.45, 2.75) is 31.4 Å². The van der Waals surface area contributed by atoms with Gasteiger partial charge in [0.1, 0.15) is 5.82 Å². The third-order valence-electron chi connectivity index (χ3n) is 5.21. The maximum Gasteiger partial charge on any atom is 0.262 e. The molecule has 0 aliphatic carbocycles. The van der Waals surface area contributed by atoms with E-state index in [2.05, 4.69) is 10.0 Å². The Bertz CT molecular complexity index is 1290. The van der Waals surface area contributed by atoms with Crippen LogP contribution in [0.15, 0.2) is 59.5 Å². The van der Waals surface area contributed by atoms with Crippen LogP contribution in [-0.4, -0.2) is 26.6 Å². The van der Waals surface area contributed by atoms with Gasteiger partial charge >= 0.3 is 0 Å². The van der Waals surface area contributed by atoms with Gasteiger partial charge < -0.3 is 5.32 Å². The zero-order valence-corrected chi connectivity index (χ0v) is 21.5. The molecule has 0 fully saturated rings. The number of nitrogens with one attached hydrogen (secondary N) is 2. The summed E-state index contributed by atoms with van der Waals surface area (Å²) in [6.07, 6.45) is 0. The van der Waals surface area contributed by atoms with Gasteiger partial charge in [-0.15, -0.1) is 0 Å². The quantitative estimate of drug-likeness (QED) is 0.346. The Balaban J connectivity index is 1.62. The van der Waals surface area contributed by atoms with Crippen LogP contribution >= 0.6 is 23.4 Å². The molecule has 0 unspecified atom stereocenters. The van der Waals surface area contributed by atoms with Gasteiger partial charge in [-0.1, -0.05) is 41.4 Å². The summed E-state index contributed by atoms with van der Waals surface area (Å²) in [6.45, 7) is 5.79. The van der Waals surface area contributed by atoms with E-state index in [0.29, 0.717) is 39.9 Å². The molecule has 0 bridgehead atoms. The molecule has 0 aliphatic rings. The van der Waals surface area contributed by atoms with E-state index in [9.17, 15) is 17.6 Å². The molecule has 0 aliphatic heterocycles. The maximum atomic E-state index is 13.8. The van der Waals surface area contributed by atoms with Crippen molar-refractivity contribution in [1.82, 2.24) is 5.32 Å². The molecule has 0 radical (unpaired) electrons. The number of aryl methyl sites for hydroxylation is 3. The van der Waals surface area contributed by atoms with Crippen LogP contribution in [0.4, 0.5) is 10.1 Å². The largest absolute Gasteiger partial charge is 0.351 e. The lowest BCUT2D eigenvalue weighted by molar-refractivity contribution is 0.0956. The third kappa shape index (κ3) is 6.52. The zero-order chi connectivity index (χ0) is 24.9. The standard InChI is InChI=1S/C25H26ClFN2O3S2/c1-16-7-10-23(18(3)13-16)29-34(31,32)24-14-19(9-8-17(24)2)25(30)28-11-12-33-15-20-21(26)5-4-6-22(20)27/h4-10,13-14,29H,11-12,15H2,1-3H3,(H,28,30). The highest BCUT2D eigenvalue weighted by molar-refractivity contribution is 7.98. The highest BCUT2D eigenvalue weighted by Crippen LogP contribution is 2.25. The number of carbonyl (C=O) groups excluding carboxylic acids is 1. The minimum Gasteiger partial charge on any atom is -0.351 e. The Hall–Kier alpha value is -2.55. The summed E-state index contributed by atoms with van der Waals surface area (Å²) in [5.41, 5.74) is 3.55. The van der Waals surface area contributed by atoms with Gasteiger partial charge in [-0.25, -0.2) is 12.8 Å². The minimum absolute atomic E-state index is 0.0451. The number of benzene rings is 3. The first kappa shape index (κ1) is 26.1. The molecule has 0 heterocycles. The fourth-order valence-electron chi connectivity index (χ4n) is 3.34. The Kier molecular flexibility index (Phi) is 8.62. The Labute approximate surface area is 209 Å². The molecule has 34 heavy (non-hydrogen) atoms. The fraction of sp³-hybridized carbons (Fsp3) is 0.240. The number of halogens is 2. The average molecular weight is 521 g/mol. The van der Waals surface area contributed by atoms with Crippen LogP contribution in [0.5, 0.6) is 0 Å². The van der Waals surface area contributed by atoms with E-state index < -0.39 is 10.0 Å². The van der Waals surface area contributed by atoms with Gasteiger partial charge in [0.05, 0.1) is 10.6 Å². The Morgan fingerprint density at radius 3 is 2.50 bits per heavy atom. The molecule has 0 saturated heterocycles. The smallest absolute Gasteiger partial charge is 0.262 e. The van der Waals surface area contributed by atoms with E-state index in [0.717, 1.165) is 11.1 Å². The summed E-state index contributed by atoms with van der Waals surface area (Å²) in [5, 5.41) is 3.15. The zero-order valence-electron chi connectivity index (χ0n) is 19.1. The maximum absolute atomic E-state index is 13.8. The highest BCUT2D eigenvalue weighted by Gasteiger charge is 2.20. The van der Waals surface area contributed by atoms with Crippen LogP contribution in [0.3, 0.4) is 0 Å². The van der Waals surface area contributed by atoms with Gasteiger partial charge in [0, 0.05) is 34.2 Å². The Morgan fingerprint density at radius 1 is 1.03 bits per heavy atom. The first-order chi connectivity index (χ1) is 16.1. The van der Waals surface area contributed by atoms with E-state index in [-0.39, 0.29) is 22.2 Å². The molecule has 1 amide bonds. The summed E-state index contributed by atoms with van der Waals surface area (Å²) in [6, 6.07) is 14.6. The SMILES string of the molecule is Cc1ccc(NS(=O)(=O)c2cc(C(=O)NCCSCc3c(F)cccc3Cl)ccc2C)c(C)c1. The van der Waals surface area contributed by atoms with Gasteiger partial charge in [-0.2, -0.15) is 11.8 Å². The lowest BCUT2D eigenvalue weighted by Gasteiger charge is -2.14. The average Bonchev–Trinajstić information content (AvgIpc) is 2.77. The minimum atomic E-state index is -3.89. The van der Waals surface area contributed by atoms with Gasteiger partial charge in [-0.05, 0) is 62.2 Å². The topological polar surface area (TPSA) is 75.3 Å². The first-order valence-electron chi connectivity index (χ1n) is 10.6. The lowest BCUT2D eigenvalue weighted by atomic mass is 10.1. The molecular formula is C25H26ClFN2O3S2. The summed E-state index contributed by atoms with van der Waals surface area (Å²) in [4.78, 5) is 12.7. The molecule has 0 saturated carbocycles. The van der Waals surface area contributed by atoms with E-state index >= 15 is 0 Å².